The van der Waals surface area contributed by atoms with Crippen molar-refractivity contribution >= 4 is 27.5 Å². The Hall–Kier alpha value is -4.06. The van der Waals surface area contributed by atoms with Gasteiger partial charge in [-0.05, 0) is 62.2 Å². The zero-order chi connectivity index (χ0) is 32.0. The van der Waals surface area contributed by atoms with Crippen molar-refractivity contribution in [1.29, 1.82) is 0 Å². The van der Waals surface area contributed by atoms with Crippen LogP contribution in [0.3, 0.4) is 0 Å². The average molecular weight is 620 g/mol. The van der Waals surface area contributed by atoms with E-state index in [1.165, 1.54) is 18.1 Å². The maximum atomic E-state index is 14.1. The Morgan fingerprint density at radius 2 is 1.53 bits per heavy atom. The van der Waals surface area contributed by atoms with Gasteiger partial charge in [-0.15, -0.1) is 0 Å². The first-order valence-corrected chi connectivity index (χ1v) is 15.3. The summed E-state index contributed by atoms with van der Waals surface area (Å²) in [4.78, 5) is 29.1. The third kappa shape index (κ3) is 9.74. The van der Waals surface area contributed by atoms with Gasteiger partial charge in [-0.1, -0.05) is 48.5 Å². The molecule has 3 aromatic rings. The maximum Gasteiger partial charge on any atom is 0.416 e. The van der Waals surface area contributed by atoms with E-state index in [1.54, 1.807) is 69.3 Å². The molecule has 0 fully saturated rings. The van der Waals surface area contributed by atoms with Crippen molar-refractivity contribution in [2.45, 2.75) is 51.5 Å². The van der Waals surface area contributed by atoms with E-state index in [-0.39, 0.29) is 18.7 Å². The van der Waals surface area contributed by atoms with E-state index in [2.05, 4.69) is 5.32 Å². The normalized spacial score (nSPS) is 12.7. The summed E-state index contributed by atoms with van der Waals surface area (Å²) in [5.41, 5.74) is -0.707. The van der Waals surface area contributed by atoms with Gasteiger partial charge in [-0.2, -0.15) is 13.2 Å². The lowest BCUT2D eigenvalue weighted by Crippen LogP contribution is -2.56. The van der Waals surface area contributed by atoms with Crippen LogP contribution in [0.25, 0.3) is 0 Å². The van der Waals surface area contributed by atoms with Crippen molar-refractivity contribution in [3.05, 3.63) is 95.6 Å². The number of amides is 2. The van der Waals surface area contributed by atoms with E-state index in [1.807, 2.05) is 6.07 Å². The lowest BCUT2D eigenvalue weighted by molar-refractivity contribution is -0.140. The topological polar surface area (TPSA) is 96.0 Å². The minimum atomic E-state index is -4.73. The second kappa shape index (κ2) is 13.5. The Morgan fingerprint density at radius 3 is 2.12 bits per heavy atom. The van der Waals surface area contributed by atoms with Crippen molar-refractivity contribution in [2.24, 2.45) is 0 Å². The molecule has 0 aliphatic rings. The number of nitrogens with one attached hydrogen (secondary N) is 1. The summed E-state index contributed by atoms with van der Waals surface area (Å²) in [6.07, 6.45) is -3.82. The van der Waals surface area contributed by atoms with Crippen LogP contribution < -0.4 is 14.4 Å². The smallest absolute Gasteiger partial charge is 0.416 e. The minimum absolute atomic E-state index is 0.0981. The van der Waals surface area contributed by atoms with Crippen LogP contribution in [0, 0.1) is 0 Å². The highest BCUT2D eigenvalue weighted by molar-refractivity contribution is 7.92. The molecule has 1 atom stereocenters. The number of hydrogen-bond acceptors (Lipinski definition) is 5. The quantitative estimate of drug-likeness (QED) is 0.325. The zero-order valence-corrected chi connectivity index (χ0v) is 25.5. The highest BCUT2D eigenvalue weighted by Gasteiger charge is 2.35. The molecule has 0 aliphatic heterocycles. The van der Waals surface area contributed by atoms with Crippen LogP contribution in [0.4, 0.5) is 18.9 Å². The van der Waals surface area contributed by atoms with Gasteiger partial charge in [-0.25, -0.2) is 8.42 Å². The second-order valence-electron chi connectivity index (χ2n) is 11.1. The maximum absolute atomic E-state index is 14.1. The molecule has 12 heteroatoms. The van der Waals surface area contributed by atoms with E-state index in [9.17, 15) is 31.2 Å². The standard InChI is InChI=1S/C31H36F3N3O5S/c1-30(2,3)35-29(39)27(18-22-11-7-6-8-12-22)36(20-23-13-9-16-26(17-23)42-4)28(38)21-37(43(5,40)41)25-15-10-14-24(19-25)31(32,33)34/h6-17,19,27H,18,20-21H2,1-5H3,(H,35,39)/t27-/m0/s1. The van der Waals surface area contributed by atoms with Crippen LogP contribution in [-0.2, 0) is 38.8 Å². The molecule has 3 aromatic carbocycles. The number of rotatable bonds is 11. The number of carbonyl (C=O) groups is 2. The molecule has 1 N–H and O–H groups in total. The highest BCUT2D eigenvalue weighted by Crippen LogP contribution is 2.32. The van der Waals surface area contributed by atoms with Crippen LogP contribution in [0.15, 0.2) is 78.9 Å². The number of anilines is 1. The van der Waals surface area contributed by atoms with Gasteiger partial charge in [0.1, 0.15) is 18.3 Å². The lowest BCUT2D eigenvalue weighted by Gasteiger charge is -2.35. The monoisotopic (exact) mass is 619 g/mol. The summed E-state index contributed by atoms with van der Waals surface area (Å²) in [6.45, 7) is 4.43. The summed E-state index contributed by atoms with van der Waals surface area (Å²) in [6, 6.07) is 18.5. The number of alkyl halides is 3. The van der Waals surface area contributed by atoms with Gasteiger partial charge < -0.3 is 15.0 Å². The summed E-state index contributed by atoms with van der Waals surface area (Å²) in [5.74, 6) is -0.751. The third-order valence-corrected chi connectivity index (χ3v) is 7.54. The fourth-order valence-electron chi connectivity index (χ4n) is 4.43. The molecule has 0 spiro atoms. The van der Waals surface area contributed by atoms with Crippen molar-refractivity contribution < 1.29 is 35.9 Å². The summed E-state index contributed by atoms with van der Waals surface area (Å²) in [5, 5.41) is 2.91. The second-order valence-corrected chi connectivity index (χ2v) is 13.0. The van der Waals surface area contributed by atoms with Crippen LogP contribution >= 0.6 is 0 Å². The van der Waals surface area contributed by atoms with Crippen LogP contribution in [-0.4, -0.2) is 56.6 Å². The van der Waals surface area contributed by atoms with Gasteiger partial charge in [0.25, 0.3) is 0 Å². The number of hydrogen-bond donors (Lipinski definition) is 1. The molecule has 0 radical (unpaired) electrons. The number of nitrogens with zero attached hydrogens (tertiary/aromatic N) is 2. The predicted molar refractivity (Wildman–Crippen MR) is 159 cm³/mol. The van der Waals surface area contributed by atoms with Crippen molar-refractivity contribution in [3.63, 3.8) is 0 Å². The predicted octanol–water partition coefficient (Wildman–Crippen LogP) is 5.03. The number of methoxy groups -OCH3 is 1. The number of carbonyl (C=O) groups excluding carboxylic acids is 2. The molecule has 43 heavy (non-hydrogen) atoms. The molecule has 0 aliphatic carbocycles. The van der Waals surface area contributed by atoms with E-state index in [4.69, 9.17) is 4.74 Å². The van der Waals surface area contributed by atoms with Gasteiger partial charge in [0.05, 0.1) is 24.6 Å². The molecule has 0 unspecified atom stereocenters. The van der Waals surface area contributed by atoms with Gasteiger partial charge in [0.15, 0.2) is 0 Å². The zero-order valence-electron chi connectivity index (χ0n) is 24.7. The third-order valence-electron chi connectivity index (χ3n) is 6.40. The first-order chi connectivity index (χ1) is 20.0. The Bertz CT molecular complexity index is 1520. The van der Waals surface area contributed by atoms with Crippen molar-refractivity contribution in [2.75, 3.05) is 24.2 Å². The Balaban J connectivity index is 2.11. The largest absolute Gasteiger partial charge is 0.497 e. The van der Waals surface area contributed by atoms with Crippen molar-refractivity contribution in [3.8, 4) is 5.75 Å². The Kier molecular flexibility index (Phi) is 10.5. The minimum Gasteiger partial charge on any atom is -0.497 e. The Morgan fingerprint density at radius 1 is 0.907 bits per heavy atom. The van der Waals surface area contributed by atoms with E-state index >= 15 is 0 Å². The fourth-order valence-corrected chi connectivity index (χ4v) is 5.27. The van der Waals surface area contributed by atoms with Gasteiger partial charge in [0.2, 0.25) is 21.8 Å². The van der Waals surface area contributed by atoms with E-state index < -0.39 is 51.7 Å². The Labute approximate surface area is 250 Å². The number of sulfonamides is 1. The first kappa shape index (κ1) is 33.4. The number of benzene rings is 3. The molecule has 3 rings (SSSR count). The van der Waals surface area contributed by atoms with Crippen molar-refractivity contribution in [1.82, 2.24) is 10.2 Å². The molecular formula is C31H36F3N3O5S. The summed E-state index contributed by atoms with van der Waals surface area (Å²) >= 11 is 0. The SMILES string of the molecule is COc1cccc(CN(C(=O)CN(c2cccc(C(F)(F)F)c2)S(C)(=O)=O)[C@@H](Cc2ccccc2)C(=O)NC(C)(C)C)c1. The molecule has 2 amide bonds. The molecule has 0 saturated heterocycles. The van der Waals surface area contributed by atoms with Crippen LogP contribution in [0.5, 0.6) is 5.75 Å². The van der Waals surface area contributed by atoms with Gasteiger partial charge >= 0.3 is 6.18 Å². The molecule has 0 heterocycles. The molecule has 0 saturated carbocycles. The summed E-state index contributed by atoms with van der Waals surface area (Å²) in [7, 11) is -2.75. The van der Waals surface area contributed by atoms with Gasteiger partial charge in [-0.3, -0.25) is 13.9 Å². The molecule has 232 valence electrons. The van der Waals surface area contributed by atoms with E-state index in [0.717, 1.165) is 24.0 Å². The van der Waals surface area contributed by atoms with Crippen LogP contribution in [0.2, 0.25) is 0 Å². The molecular weight excluding hydrogens is 583 g/mol. The lowest BCUT2D eigenvalue weighted by atomic mass is 10.0. The molecule has 8 nitrogen and oxygen atoms in total. The van der Waals surface area contributed by atoms with Gasteiger partial charge in [0, 0.05) is 18.5 Å². The molecule has 0 bridgehead atoms. The highest BCUT2D eigenvalue weighted by atomic mass is 32.2. The first-order valence-electron chi connectivity index (χ1n) is 13.4. The molecule has 0 aromatic heterocycles. The average Bonchev–Trinajstić information content (AvgIpc) is 2.92. The van der Waals surface area contributed by atoms with E-state index in [0.29, 0.717) is 21.7 Å². The summed E-state index contributed by atoms with van der Waals surface area (Å²) < 4.78 is 72.0. The fraction of sp³-hybridized carbons (Fsp3) is 0.355. The number of halogens is 3. The van der Waals surface area contributed by atoms with Crippen LogP contribution in [0.1, 0.15) is 37.5 Å². The number of ether oxygens (including phenoxy) is 1.